The molecule has 35 heavy (non-hydrogen) atoms. The molecule has 0 saturated carbocycles. The Morgan fingerprint density at radius 2 is 1.69 bits per heavy atom. The van der Waals surface area contributed by atoms with Crippen LogP contribution in [0.4, 0.5) is 5.82 Å². The zero-order valence-electron chi connectivity index (χ0n) is 19.7. The number of nitrogens with zero attached hydrogens (tertiary/aromatic N) is 5. The lowest BCUT2D eigenvalue weighted by atomic mass is 10.1. The summed E-state index contributed by atoms with van der Waals surface area (Å²) in [7, 11) is 0. The molecule has 1 aliphatic heterocycles. The smallest absolute Gasteiger partial charge is 0.242 e. The lowest BCUT2D eigenvalue weighted by molar-refractivity contribution is -0.141. The lowest BCUT2D eigenvalue weighted by Crippen LogP contribution is -2.52. The first kappa shape index (κ1) is 24.9. The summed E-state index contributed by atoms with van der Waals surface area (Å²) in [4.78, 5) is 30.8. The molecule has 7 nitrogen and oxygen atoms in total. The second-order valence-electron chi connectivity index (χ2n) is 8.50. The normalized spacial score (nSPS) is 14.5. The summed E-state index contributed by atoms with van der Waals surface area (Å²) in [6.45, 7) is 5.88. The molecule has 0 bridgehead atoms. The highest BCUT2D eigenvalue weighted by molar-refractivity contribution is 6.36. The van der Waals surface area contributed by atoms with Crippen LogP contribution in [-0.4, -0.2) is 64.5 Å². The van der Waals surface area contributed by atoms with Crippen LogP contribution in [0.2, 0.25) is 10.0 Å². The summed E-state index contributed by atoms with van der Waals surface area (Å²) in [6.07, 6.45) is 0. The van der Waals surface area contributed by atoms with Gasteiger partial charge in [-0.15, -0.1) is 10.2 Å². The van der Waals surface area contributed by atoms with E-state index in [9.17, 15) is 9.59 Å². The van der Waals surface area contributed by atoms with Crippen molar-refractivity contribution in [2.75, 3.05) is 37.6 Å². The molecule has 3 aromatic rings. The summed E-state index contributed by atoms with van der Waals surface area (Å²) in [6, 6.07) is 18.6. The first-order valence-corrected chi connectivity index (χ1v) is 12.2. The third-order valence-electron chi connectivity index (χ3n) is 6.27. The molecule has 182 valence electrons. The van der Waals surface area contributed by atoms with Crippen LogP contribution < -0.4 is 4.90 Å². The number of hydrogen-bond acceptors (Lipinski definition) is 5. The highest BCUT2D eigenvalue weighted by atomic mass is 35.5. The first-order valence-electron chi connectivity index (χ1n) is 11.5. The number of amides is 2. The second kappa shape index (κ2) is 11.1. The van der Waals surface area contributed by atoms with E-state index in [0.29, 0.717) is 41.9 Å². The number of halogens is 2. The van der Waals surface area contributed by atoms with Crippen molar-refractivity contribution in [3.8, 4) is 11.3 Å². The van der Waals surface area contributed by atoms with Gasteiger partial charge in [0.05, 0.1) is 16.8 Å². The van der Waals surface area contributed by atoms with E-state index in [1.807, 2.05) is 55.5 Å². The largest absolute Gasteiger partial charge is 0.352 e. The zero-order chi connectivity index (χ0) is 24.9. The number of rotatable bonds is 6. The van der Waals surface area contributed by atoms with E-state index in [2.05, 4.69) is 15.1 Å². The molecule has 0 aliphatic carbocycles. The fraction of sp³-hybridized carbons (Fsp3) is 0.308. The van der Waals surface area contributed by atoms with Crippen molar-refractivity contribution >= 4 is 40.8 Å². The summed E-state index contributed by atoms with van der Waals surface area (Å²) in [5, 5.41) is 9.79. The van der Waals surface area contributed by atoms with Gasteiger partial charge in [-0.3, -0.25) is 9.59 Å². The van der Waals surface area contributed by atoms with E-state index in [4.69, 9.17) is 23.2 Å². The highest BCUT2D eigenvalue weighted by Crippen LogP contribution is 2.29. The van der Waals surface area contributed by atoms with Crippen LogP contribution in [0.3, 0.4) is 0 Å². The summed E-state index contributed by atoms with van der Waals surface area (Å²) in [5.74, 6) is 0.569. The average molecular weight is 512 g/mol. The molecule has 1 aliphatic rings. The standard InChI is InChI=1S/C26H27Cl2N5O2/c1-18(20-6-4-3-5-7-20)33(19(2)34)17-26(35)32-14-12-31(13-15-32)25-11-10-24(29-30-25)22-9-8-21(27)16-23(22)28/h3-11,16,18H,12-15,17H2,1-2H3. The minimum Gasteiger partial charge on any atom is -0.352 e. The quantitative estimate of drug-likeness (QED) is 0.479. The maximum atomic E-state index is 13.0. The molecule has 2 heterocycles. The van der Waals surface area contributed by atoms with Crippen LogP contribution in [0.25, 0.3) is 11.3 Å². The predicted octanol–water partition coefficient (Wildman–Crippen LogP) is 4.71. The number of piperazine rings is 1. The van der Waals surface area contributed by atoms with Crippen LogP contribution in [0.1, 0.15) is 25.5 Å². The van der Waals surface area contributed by atoms with Crippen molar-refractivity contribution in [2.45, 2.75) is 19.9 Å². The van der Waals surface area contributed by atoms with Crippen molar-refractivity contribution in [3.63, 3.8) is 0 Å². The topological polar surface area (TPSA) is 69.6 Å². The van der Waals surface area contributed by atoms with Gasteiger partial charge in [-0.25, -0.2) is 0 Å². The molecular formula is C26H27Cl2N5O2. The van der Waals surface area contributed by atoms with Crippen molar-refractivity contribution in [1.82, 2.24) is 20.0 Å². The number of hydrogen-bond donors (Lipinski definition) is 0. The Morgan fingerprint density at radius 3 is 2.29 bits per heavy atom. The van der Waals surface area contributed by atoms with Gasteiger partial charge in [-0.1, -0.05) is 53.5 Å². The van der Waals surface area contributed by atoms with Gasteiger partial charge in [0.2, 0.25) is 11.8 Å². The van der Waals surface area contributed by atoms with Gasteiger partial charge in [-0.2, -0.15) is 0 Å². The maximum absolute atomic E-state index is 13.0. The fourth-order valence-corrected chi connectivity index (χ4v) is 4.70. The fourth-order valence-electron chi connectivity index (χ4n) is 4.20. The molecule has 2 aromatic carbocycles. The molecule has 1 atom stereocenters. The van der Waals surface area contributed by atoms with E-state index in [1.54, 1.807) is 21.9 Å². The van der Waals surface area contributed by atoms with E-state index < -0.39 is 0 Å². The molecule has 0 N–H and O–H groups in total. The highest BCUT2D eigenvalue weighted by Gasteiger charge is 2.27. The molecule has 0 radical (unpaired) electrons. The molecule has 2 amide bonds. The van der Waals surface area contributed by atoms with Crippen molar-refractivity contribution < 1.29 is 9.59 Å². The third kappa shape index (κ3) is 5.92. The van der Waals surface area contributed by atoms with Crippen LogP contribution in [0, 0.1) is 0 Å². The van der Waals surface area contributed by atoms with Gasteiger partial charge in [-0.05, 0) is 42.8 Å². The monoisotopic (exact) mass is 511 g/mol. The van der Waals surface area contributed by atoms with Gasteiger partial charge in [0.25, 0.3) is 0 Å². The van der Waals surface area contributed by atoms with E-state index >= 15 is 0 Å². The van der Waals surface area contributed by atoms with E-state index in [0.717, 1.165) is 16.9 Å². The predicted molar refractivity (Wildman–Crippen MR) is 139 cm³/mol. The first-order chi connectivity index (χ1) is 16.8. The molecule has 9 heteroatoms. The van der Waals surface area contributed by atoms with Crippen LogP contribution in [0.5, 0.6) is 0 Å². The molecule has 0 spiro atoms. The van der Waals surface area contributed by atoms with Crippen LogP contribution in [-0.2, 0) is 9.59 Å². The maximum Gasteiger partial charge on any atom is 0.242 e. The van der Waals surface area contributed by atoms with Gasteiger partial charge in [0.1, 0.15) is 6.54 Å². The molecule has 1 aromatic heterocycles. The molecule has 1 unspecified atom stereocenters. The average Bonchev–Trinajstić information content (AvgIpc) is 2.87. The second-order valence-corrected chi connectivity index (χ2v) is 9.35. The van der Waals surface area contributed by atoms with E-state index in [-0.39, 0.29) is 24.4 Å². The summed E-state index contributed by atoms with van der Waals surface area (Å²) in [5.41, 5.74) is 2.44. The van der Waals surface area contributed by atoms with Gasteiger partial charge in [0, 0.05) is 43.7 Å². The Balaban J connectivity index is 1.35. The van der Waals surface area contributed by atoms with Crippen molar-refractivity contribution in [3.05, 3.63) is 76.3 Å². The SMILES string of the molecule is CC(=O)N(CC(=O)N1CCN(c2ccc(-c3ccc(Cl)cc3Cl)nn2)CC1)C(C)c1ccccc1. The van der Waals surface area contributed by atoms with Gasteiger partial charge < -0.3 is 14.7 Å². The molecule has 1 fully saturated rings. The Hall–Kier alpha value is -3.16. The molecule has 1 saturated heterocycles. The van der Waals surface area contributed by atoms with Crippen LogP contribution in [0.15, 0.2) is 60.7 Å². The summed E-state index contributed by atoms with van der Waals surface area (Å²) >= 11 is 12.3. The minimum atomic E-state index is -0.179. The number of carbonyl (C=O) groups is 2. The molecule has 4 rings (SSSR count). The number of carbonyl (C=O) groups excluding carboxylic acids is 2. The Kier molecular flexibility index (Phi) is 7.88. The van der Waals surface area contributed by atoms with E-state index in [1.165, 1.54) is 6.92 Å². The molecular weight excluding hydrogens is 485 g/mol. The number of benzene rings is 2. The lowest BCUT2D eigenvalue weighted by Gasteiger charge is -2.37. The van der Waals surface area contributed by atoms with Crippen LogP contribution >= 0.6 is 23.2 Å². The van der Waals surface area contributed by atoms with Crippen molar-refractivity contribution in [2.24, 2.45) is 0 Å². The minimum absolute atomic E-state index is 0.0542. The Labute approximate surface area is 215 Å². The zero-order valence-corrected chi connectivity index (χ0v) is 21.2. The van der Waals surface area contributed by atoms with Gasteiger partial charge >= 0.3 is 0 Å². The van der Waals surface area contributed by atoms with Gasteiger partial charge in [0.15, 0.2) is 5.82 Å². The Bertz CT molecular complexity index is 1180. The number of anilines is 1. The summed E-state index contributed by atoms with van der Waals surface area (Å²) < 4.78 is 0. The van der Waals surface area contributed by atoms with Crippen molar-refractivity contribution in [1.29, 1.82) is 0 Å². The number of aromatic nitrogens is 2. The third-order valence-corrected chi connectivity index (χ3v) is 6.82. The Morgan fingerprint density at radius 1 is 0.971 bits per heavy atom.